The number of nitrogens with zero attached hydrogens (tertiary/aromatic N) is 1. The number of aromatic nitrogens is 1. The van der Waals surface area contributed by atoms with Crippen molar-refractivity contribution in [1.29, 1.82) is 0 Å². The van der Waals surface area contributed by atoms with Gasteiger partial charge >= 0.3 is 0 Å². The molecule has 3 N–H and O–H groups in total. The smallest absolute Gasteiger partial charge is 0.223 e. The summed E-state index contributed by atoms with van der Waals surface area (Å²) < 4.78 is 0. The lowest BCUT2D eigenvalue weighted by Gasteiger charge is -2.15. The van der Waals surface area contributed by atoms with Gasteiger partial charge in [-0.25, -0.2) is 4.98 Å². The van der Waals surface area contributed by atoms with Crippen molar-refractivity contribution in [2.24, 2.45) is 11.7 Å². The number of carbonyl (C=O) groups is 1. The summed E-state index contributed by atoms with van der Waals surface area (Å²) >= 11 is 1.68. The molecule has 1 amide bonds. The van der Waals surface area contributed by atoms with E-state index in [1.54, 1.807) is 11.3 Å². The number of carbonyl (C=O) groups excluding carboxylic acids is 1. The Morgan fingerprint density at radius 1 is 1.67 bits per heavy atom. The molecule has 1 saturated carbocycles. The standard InChI is InChI=1S/C13H21N3OS/c1-3-11-7-15-13(18-11)8(2)16-12(17)9-4-5-10(14)6-9/h7-10H,3-6,14H2,1-2H3,(H,16,17). The molecule has 1 aromatic heterocycles. The van der Waals surface area contributed by atoms with Gasteiger partial charge < -0.3 is 11.1 Å². The molecular formula is C13H21N3OS. The molecule has 3 unspecified atom stereocenters. The van der Waals surface area contributed by atoms with Crippen LogP contribution in [0.5, 0.6) is 0 Å². The largest absolute Gasteiger partial charge is 0.347 e. The Kier molecular flexibility index (Phi) is 4.35. The van der Waals surface area contributed by atoms with E-state index >= 15 is 0 Å². The normalized spacial score (nSPS) is 25.1. The lowest BCUT2D eigenvalue weighted by molar-refractivity contribution is -0.125. The number of rotatable bonds is 4. The molecule has 5 heteroatoms. The number of thiazole rings is 1. The van der Waals surface area contributed by atoms with Crippen molar-refractivity contribution in [1.82, 2.24) is 10.3 Å². The van der Waals surface area contributed by atoms with Gasteiger partial charge in [0.15, 0.2) is 0 Å². The summed E-state index contributed by atoms with van der Waals surface area (Å²) in [6.07, 6.45) is 5.59. The first kappa shape index (κ1) is 13.5. The van der Waals surface area contributed by atoms with Crippen LogP contribution in [0.4, 0.5) is 0 Å². The Balaban J connectivity index is 1.90. The van der Waals surface area contributed by atoms with E-state index in [0.717, 1.165) is 30.7 Å². The van der Waals surface area contributed by atoms with Gasteiger partial charge in [0, 0.05) is 23.0 Å². The van der Waals surface area contributed by atoms with E-state index in [-0.39, 0.29) is 23.9 Å². The number of amides is 1. The van der Waals surface area contributed by atoms with Crippen LogP contribution in [-0.4, -0.2) is 16.9 Å². The van der Waals surface area contributed by atoms with Gasteiger partial charge in [-0.2, -0.15) is 0 Å². The zero-order chi connectivity index (χ0) is 13.1. The average Bonchev–Trinajstić information content (AvgIpc) is 2.97. The van der Waals surface area contributed by atoms with Crippen LogP contribution in [-0.2, 0) is 11.2 Å². The van der Waals surface area contributed by atoms with Crippen LogP contribution in [0.1, 0.15) is 49.0 Å². The molecule has 1 heterocycles. The zero-order valence-electron chi connectivity index (χ0n) is 11.0. The van der Waals surface area contributed by atoms with Gasteiger partial charge in [0.25, 0.3) is 0 Å². The Morgan fingerprint density at radius 3 is 3.00 bits per heavy atom. The van der Waals surface area contributed by atoms with Crippen LogP contribution < -0.4 is 11.1 Å². The highest BCUT2D eigenvalue weighted by Gasteiger charge is 2.28. The number of hydrogen-bond donors (Lipinski definition) is 2. The first-order valence-corrected chi connectivity index (χ1v) is 7.42. The molecule has 0 bridgehead atoms. The van der Waals surface area contributed by atoms with Gasteiger partial charge in [0.2, 0.25) is 5.91 Å². The minimum atomic E-state index is -0.000348. The Bertz CT molecular complexity index is 418. The SMILES string of the molecule is CCc1cnc(C(C)NC(=O)C2CCC(N)C2)s1. The fourth-order valence-electron chi connectivity index (χ4n) is 2.33. The summed E-state index contributed by atoms with van der Waals surface area (Å²) in [5, 5.41) is 4.04. The second kappa shape index (κ2) is 5.80. The third-order valence-electron chi connectivity index (χ3n) is 3.49. The van der Waals surface area contributed by atoms with Crippen molar-refractivity contribution in [2.75, 3.05) is 0 Å². The van der Waals surface area contributed by atoms with E-state index < -0.39 is 0 Å². The summed E-state index contributed by atoms with van der Waals surface area (Å²) in [6, 6.07) is 0.197. The van der Waals surface area contributed by atoms with E-state index in [0.29, 0.717) is 0 Å². The first-order chi connectivity index (χ1) is 8.60. The molecule has 4 nitrogen and oxygen atoms in total. The lowest BCUT2D eigenvalue weighted by Crippen LogP contribution is -2.32. The fraction of sp³-hybridized carbons (Fsp3) is 0.692. The summed E-state index contributed by atoms with van der Waals surface area (Å²) in [5.74, 6) is 0.219. The van der Waals surface area contributed by atoms with E-state index in [1.807, 2.05) is 13.1 Å². The van der Waals surface area contributed by atoms with Crippen LogP contribution in [0.3, 0.4) is 0 Å². The van der Waals surface area contributed by atoms with E-state index in [9.17, 15) is 4.79 Å². The molecular weight excluding hydrogens is 246 g/mol. The van der Waals surface area contributed by atoms with Gasteiger partial charge in [0.05, 0.1) is 6.04 Å². The summed E-state index contributed by atoms with van der Waals surface area (Å²) in [4.78, 5) is 17.7. The molecule has 1 aromatic rings. The average molecular weight is 267 g/mol. The molecule has 0 aliphatic heterocycles. The molecule has 1 aliphatic rings. The van der Waals surface area contributed by atoms with Crippen molar-refractivity contribution < 1.29 is 4.79 Å². The van der Waals surface area contributed by atoms with E-state index in [4.69, 9.17) is 5.73 Å². The first-order valence-electron chi connectivity index (χ1n) is 6.60. The zero-order valence-corrected chi connectivity index (χ0v) is 11.8. The van der Waals surface area contributed by atoms with Gasteiger partial charge in [-0.1, -0.05) is 6.92 Å². The van der Waals surface area contributed by atoms with Crippen molar-refractivity contribution in [3.63, 3.8) is 0 Å². The van der Waals surface area contributed by atoms with Crippen LogP contribution in [0, 0.1) is 5.92 Å². The van der Waals surface area contributed by atoms with Crippen LogP contribution in [0.25, 0.3) is 0 Å². The van der Waals surface area contributed by atoms with Gasteiger partial charge in [-0.3, -0.25) is 4.79 Å². The fourth-order valence-corrected chi connectivity index (χ4v) is 3.19. The second-order valence-electron chi connectivity index (χ2n) is 5.02. The van der Waals surface area contributed by atoms with Gasteiger partial charge in [0.1, 0.15) is 5.01 Å². The molecule has 2 rings (SSSR count). The molecule has 3 atom stereocenters. The Hall–Kier alpha value is -0.940. The van der Waals surface area contributed by atoms with E-state index in [2.05, 4.69) is 17.2 Å². The third-order valence-corrected chi connectivity index (χ3v) is 4.82. The van der Waals surface area contributed by atoms with Gasteiger partial charge in [-0.05, 0) is 32.6 Å². The van der Waals surface area contributed by atoms with Crippen LogP contribution in [0.2, 0.25) is 0 Å². The minimum absolute atomic E-state index is 0.000348. The molecule has 0 saturated heterocycles. The third kappa shape index (κ3) is 3.09. The predicted octanol–water partition coefficient (Wildman–Crippen LogP) is 2.01. The highest BCUT2D eigenvalue weighted by molar-refractivity contribution is 7.11. The Labute approximate surface area is 112 Å². The molecule has 0 radical (unpaired) electrons. The van der Waals surface area contributed by atoms with Crippen molar-refractivity contribution in [3.8, 4) is 0 Å². The summed E-state index contributed by atoms with van der Waals surface area (Å²) in [6.45, 7) is 4.10. The molecule has 0 spiro atoms. The number of nitrogens with one attached hydrogen (secondary N) is 1. The predicted molar refractivity (Wildman–Crippen MR) is 73.4 cm³/mol. The highest BCUT2D eigenvalue weighted by Crippen LogP contribution is 2.26. The maximum Gasteiger partial charge on any atom is 0.223 e. The monoisotopic (exact) mass is 267 g/mol. The van der Waals surface area contributed by atoms with Gasteiger partial charge in [-0.15, -0.1) is 11.3 Å². The number of aryl methyl sites for hydroxylation is 1. The van der Waals surface area contributed by atoms with Crippen molar-refractivity contribution in [2.45, 2.75) is 51.6 Å². The quantitative estimate of drug-likeness (QED) is 0.877. The topological polar surface area (TPSA) is 68.0 Å². The highest BCUT2D eigenvalue weighted by atomic mass is 32.1. The second-order valence-corrected chi connectivity index (χ2v) is 6.17. The minimum Gasteiger partial charge on any atom is -0.347 e. The van der Waals surface area contributed by atoms with Crippen LogP contribution >= 0.6 is 11.3 Å². The summed E-state index contributed by atoms with van der Waals surface area (Å²) in [5.41, 5.74) is 5.84. The molecule has 0 aromatic carbocycles. The lowest BCUT2D eigenvalue weighted by atomic mass is 10.1. The Morgan fingerprint density at radius 2 is 2.44 bits per heavy atom. The van der Waals surface area contributed by atoms with Crippen LogP contribution in [0.15, 0.2) is 6.20 Å². The molecule has 100 valence electrons. The molecule has 1 fully saturated rings. The molecule has 18 heavy (non-hydrogen) atoms. The summed E-state index contributed by atoms with van der Waals surface area (Å²) in [7, 11) is 0. The maximum absolute atomic E-state index is 12.1. The van der Waals surface area contributed by atoms with E-state index in [1.165, 1.54) is 4.88 Å². The maximum atomic E-state index is 12.1. The number of hydrogen-bond acceptors (Lipinski definition) is 4. The molecule has 1 aliphatic carbocycles. The van der Waals surface area contributed by atoms with Crippen molar-refractivity contribution in [3.05, 3.63) is 16.1 Å². The number of nitrogens with two attached hydrogens (primary N) is 1. The van der Waals surface area contributed by atoms with Crippen molar-refractivity contribution >= 4 is 17.2 Å².